The Morgan fingerprint density at radius 2 is 0.851 bits per heavy atom. The molecule has 2 heterocycles. The van der Waals surface area contributed by atoms with Gasteiger partial charge in [0.1, 0.15) is 54.4 Å². The molecule has 4 N–H and O–H groups in total. The fourth-order valence-corrected chi connectivity index (χ4v) is 11.2. The number of carbonyl (C=O) groups excluding carboxylic acids is 3. The lowest BCUT2D eigenvalue weighted by atomic mass is 9.98. The Bertz CT molecular complexity index is 3020. The van der Waals surface area contributed by atoms with Gasteiger partial charge in [0, 0.05) is 32.7 Å². The Labute approximate surface area is 555 Å². The number of carbonyl (C=O) groups is 3. The molecule has 11 atom stereocenters. The smallest absolute Gasteiger partial charge is 0.408 e. The lowest BCUT2D eigenvalue weighted by Gasteiger charge is -2.45. The average Bonchev–Trinajstić information content (AvgIpc) is 0.812. The molecule has 6 aromatic rings. The van der Waals surface area contributed by atoms with Crippen molar-refractivity contribution in [3.8, 4) is 0 Å². The highest BCUT2D eigenvalue weighted by atomic mass is 16.7. The van der Waals surface area contributed by atoms with Gasteiger partial charge in [-0.15, -0.1) is 0 Å². The highest BCUT2D eigenvalue weighted by molar-refractivity contribution is 5.86. The molecule has 0 radical (unpaired) electrons. The van der Waals surface area contributed by atoms with Crippen molar-refractivity contribution in [3.63, 3.8) is 0 Å². The molecule has 508 valence electrons. The monoisotopic (exact) mass is 1290 g/mol. The number of aliphatic hydroxyl groups is 1. The molecule has 0 bridgehead atoms. The summed E-state index contributed by atoms with van der Waals surface area (Å²) in [4.78, 5) is 39.8. The van der Waals surface area contributed by atoms with Crippen molar-refractivity contribution in [2.24, 2.45) is 0 Å². The second-order valence-electron chi connectivity index (χ2n) is 25.0. The summed E-state index contributed by atoms with van der Waals surface area (Å²) in [5, 5.41) is 20.7. The lowest BCUT2D eigenvalue weighted by Crippen LogP contribution is -2.61. The maximum Gasteiger partial charge on any atom is 0.408 e. The number of unbranched alkanes of at least 4 members (excludes halogenated alkanes) is 6. The molecule has 94 heavy (non-hydrogen) atoms. The molecular weight excluding hydrogens is 1190 g/mol. The molecule has 0 aliphatic carbocycles. The van der Waals surface area contributed by atoms with Crippen molar-refractivity contribution in [2.75, 3.05) is 32.9 Å². The van der Waals surface area contributed by atoms with Crippen LogP contribution in [-0.2, 0) is 101 Å². The van der Waals surface area contributed by atoms with Crippen molar-refractivity contribution in [2.45, 2.75) is 205 Å². The van der Waals surface area contributed by atoms with Gasteiger partial charge in [0.25, 0.3) is 0 Å². The number of aliphatic hydroxyl groups excluding tert-OH is 1. The van der Waals surface area contributed by atoms with Gasteiger partial charge in [-0.2, -0.15) is 0 Å². The second-order valence-corrected chi connectivity index (χ2v) is 25.0. The van der Waals surface area contributed by atoms with Crippen LogP contribution in [-0.4, -0.2) is 129 Å². The van der Waals surface area contributed by atoms with Gasteiger partial charge in [-0.05, 0) is 93.2 Å². The van der Waals surface area contributed by atoms with Crippen LogP contribution in [0.25, 0.3) is 0 Å². The zero-order valence-corrected chi connectivity index (χ0v) is 55.2. The van der Waals surface area contributed by atoms with E-state index < -0.39 is 79.0 Å². The maximum atomic E-state index is 13.6. The first-order chi connectivity index (χ1) is 45.8. The number of alkyl carbamates (subject to hydrolysis) is 1. The SMILES string of the molecule is C[C@@H]1O[C@@H](OCCCCCCNC(=O)[C@H](CCC(=O)NCCCCCCO[C@@H]2O[C@H](COCc3ccccc3)[C@H](OCc3ccccc3)[C@H](O)[C@H]2OCc2ccccc2)NC(=O)OC(C)(C)C)[C@@H](OCc2ccccc2)[C@H](OCc2ccccc2)[C@@H]1OCc1ccccc1. The van der Waals surface area contributed by atoms with E-state index in [2.05, 4.69) is 16.0 Å². The molecule has 0 unspecified atom stereocenters. The van der Waals surface area contributed by atoms with E-state index in [-0.39, 0.29) is 44.7 Å². The van der Waals surface area contributed by atoms with Gasteiger partial charge in [0.05, 0.1) is 52.4 Å². The number of hydrogen-bond acceptors (Lipinski definition) is 15. The van der Waals surface area contributed by atoms with Crippen LogP contribution in [0.4, 0.5) is 4.79 Å². The summed E-state index contributed by atoms with van der Waals surface area (Å²) in [7, 11) is 0. The maximum absolute atomic E-state index is 13.6. The Morgan fingerprint density at radius 1 is 0.457 bits per heavy atom. The summed E-state index contributed by atoms with van der Waals surface area (Å²) in [5.74, 6) is -0.624. The molecule has 0 saturated carbocycles. The molecule has 18 nitrogen and oxygen atoms in total. The first kappa shape index (κ1) is 72.9. The fraction of sp³-hybridized carbons (Fsp3) is 0.487. The molecule has 0 spiro atoms. The van der Waals surface area contributed by atoms with Crippen LogP contribution in [0.5, 0.6) is 0 Å². The van der Waals surface area contributed by atoms with Crippen LogP contribution in [0.3, 0.4) is 0 Å². The van der Waals surface area contributed by atoms with E-state index >= 15 is 0 Å². The third-order valence-corrected chi connectivity index (χ3v) is 16.2. The quantitative estimate of drug-likeness (QED) is 0.0264. The van der Waals surface area contributed by atoms with Gasteiger partial charge >= 0.3 is 6.09 Å². The largest absolute Gasteiger partial charge is 0.444 e. The molecule has 2 fully saturated rings. The van der Waals surface area contributed by atoms with Crippen molar-refractivity contribution < 1.29 is 71.6 Å². The van der Waals surface area contributed by atoms with Crippen LogP contribution in [0, 0.1) is 0 Å². The number of amides is 3. The Kier molecular flexibility index (Phi) is 31.4. The summed E-state index contributed by atoms with van der Waals surface area (Å²) in [6.07, 6.45) is -1.51. The van der Waals surface area contributed by atoms with E-state index in [0.717, 1.165) is 65.5 Å². The standard InChI is InChI=1S/C76H99N3O15/c1-56-67(87-50-58-33-17-10-18-34-58)70(90-53-61-39-23-13-24-40-61)71(91-54-62-41-25-14-26-42-62)74(92-56)86-48-30-8-6-28-46-78-72(82)63(79-75(83)94-76(2,3)4)43-44-65(80)77-45-27-5-7-29-47-85-73-69(89-52-60-37-21-12-22-38-60)66(81)68(88-51-59-35-19-11-20-36-59)64(93-73)55-84-49-57-31-15-9-16-32-57/h9-26,31-42,56,63-64,66-71,73-74,81H,5-8,27-30,43-55H2,1-4H3,(H,77,80)(H,78,82)(H,79,83)/t56-,63-,64+,66-,67+,68-,69+,70+,71-,73+,74+/m0/s1. The minimum absolute atomic E-state index is 0.0157. The van der Waals surface area contributed by atoms with E-state index in [1.165, 1.54) is 0 Å². The number of hydrogen-bond donors (Lipinski definition) is 4. The summed E-state index contributed by atoms with van der Waals surface area (Å²) in [5.41, 5.74) is 5.21. The second kappa shape index (κ2) is 40.5. The summed E-state index contributed by atoms with van der Waals surface area (Å²) in [6.45, 7) is 10.9. The minimum Gasteiger partial charge on any atom is -0.444 e. The van der Waals surface area contributed by atoms with Gasteiger partial charge in [0.2, 0.25) is 11.8 Å². The summed E-state index contributed by atoms with van der Waals surface area (Å²) >= 11 is 0. The molecule has 2 aliphatic heterocycles. The van der Waals surface area contributed by atoms with E-state index in [0.29, 0.717) is 72.0 Å². The van der Waals surface area contributed by atoms with Gasteiger partial charge in [0.15, 0.2) is 12.6 Å². The molecule has 3 amide bonds. The molecule has 2 aliphatic rings. The van der Waals surface area contributed by atoms with E-state index in [1.807, 2.05) is 189 Å². The zero-order chi connectivity index (χ0) is 66.0. The van der Waals surface area contributed by atoms with Gasteiger partial charge in [-0.1, -0.05) is 208 Å². The molecule has 18 heteroatoms. The van der Waals surface area contributed by atoms with E-state index in [1.54, 1.807) is 20.8 Å². The van der Waals surface area contributed by atoms with Crippen molar-refractivity contribution in [3.05, 3.63) is 215 Å². The van der Waals surface area contributed by atoms with Gasteiger partial charge in [-0.25, -0.2) is 4.79 Å². The highest BCUT2D eigenvalue weighted by Crippen LogP contribution is 2.33. The molecule has 0 aromatic heterocycles. The topological polar surface area (TPSA) is 209 Å². The number of benzene rings is 6. The number of rotatable bonds is 40. The fourth-order valence-electron chi connectivity index (χ4n) is 11.2. The summed E-state index contributed by atoms with van der Waals surface area (Å²) < 4.78 is 70.5. The first-order valence-corrected chi connectivity index (χ1v) is 33.5. The molecule has 2 saturated heterocycles. The van der Waals surface area contributed by atoms with Gasteiger partial charge in [-0.3, -0.25) is 9.59 Å². The highest BCUT2D eigenvalue weighted by Gasteiger charge is 2.49. The predicted molar refractivity (Wildman–Crippen MR) is 357 cm³/mol. The van der Waals surface area contributed by atoms with Crippen molar-refractivity contribution in [1.29, 1.82) is 0 Å². The van der Waals surface area contributed by atoms with Crippen LogP contribution < -0.4 is 16.0 Å². The zero-order valence-electron chi connectivity index (χ0n) is 55.2. The number of nitrogens with one attached hydrogen (secondary N) is 3. The van der Waals surface area contributed by atoms with Crippen LogP contribution in [0.1, 0.15) is 125 Å². The summed E-state index contributed by atoms with van der Waals surface area (Å²) in [6, 6.07) is 58.5. The first-order valence-electron chi connectivity index (χ1n) is 33.5. The molecule has 8 rings (SSSR count). The normalized spacial score (nSPS) is 21.6. The van der Waals surface area contributed by atoms with Gasteiger partial charge < -0.3 is 73.2 Å². The van der Waals surface area contributed by atoms with Crippen LogP contribution in [0.15, 0.2) is 182 Å². The third-order valence-electron chi connectivity index (χ3n) is 16.2. The Hall–Kier alpha value is -6.91. The van der Waals surface area contributed by atoms with E-state index in [4.69, 9.17) is 52.1 Å². The third kappa shape index (κ3) is 26.0. The lowest BCUT2D eigenvalue weighted by molar-refractivity contribution is -0.320. The van der Waals surface area contributed by atoms with Crippen LogP contribution >= 0.6 is 0 Å². The number of ether oxygens (including phenoxy) is 11. The van der Waals surface area contributed by atoms with Crippen LogP contribution in [0.2, 0.25) is 0 Å². The molecular formula is C76H99N3O15. The Morgan fingerprint density at radius 3 is 1.32 bits per heavy atom. The van der Waals surface area contributed by atoms with E-state index in [9.17, 15) is 19.5 Å². The average molecular weight is 1290 g/mol. The predicted octanol–water partition coefficient (Wildman–Crippen LogP) is 12.0. The van der Waals surface area contributed by atoms with Crippen molar-refractivity contribution >= 4 is 17.9 Å². The molecule has 6 aromatic carbocycles. The van der Waals surface area contributed by atoms with Crippen molar-refractivity contribution in [1.82, 2.24) is 16.0 Å². The minimum atomic E-state index is -1.09. The Balaban J connectivity index is 0.756.